The minimum atomic E-state index is -4.72. The molecule has 0 saturated heterocycles. The zero-order valence-electron chi connectivity index (χ0n) is 14.4. The van der Waals surface area contributed by atoms with Gasteiger partial charge in [-0.25, -0.2) is 17.6 Å². The smallest absolute Gasteiger partial charge is 0.322 e. The number of benzene rings is 2. The van der Waals surface area contributed by atoms with E-state index in [1.54, 1.807) is 0 Å². The van der Waals surface area contributed by atoms with Crippen molar-refractivity contribution >= 4 is 11.6 Å². The van der Waals surface area contributed by atoms with E-state index in [1.165, 1.54) is 7.05 Å². The highest BCUT2D eigenvalue weighted by Gasteiger charge is 2.35. The Morgan fingerprint density at radius 3 is 2.21 bits per heavy atom. The van der Waals surface area contributed by atoms with Crippen LogP contribution in [0.5, 0.6) is 0 Å². The van der Waals surface area contributed by atoms with E-state index >= 15 is 0 Å². The van der Waals surface area contributed by atoms with Crippen LogP contribution in [0.3, 0.4) is 0 Å². The molecule has 0 fully saturated rings. The molecule has 0 aliphatic heterocycles. The summed E-state index contributed by atoms with van der Waals surface area (Å²) in [5.74, 6) is -6.89. The molecule has 0 saturated carbocycles. The monoisotopic (exact) mass is 417 g/mol. The number of halogens is 7. The lowest BCUT2D eigenvalue weighted by Gasteiger charge is -2.10. The molecule has 11 heteroatoms. The number of rotatable bonds is 3. The predicted octanol–water partition coefficient (Wildman–Crippen LogP) is 4.91. The van der Waals surface area contributed by atoms with E-state index in [-0.39, 0.29) is 16.9 Å². The van der Waals surface area contributed by atoms with Gasteiger partial charge in [0.1, 0.15) is 17.2 Å². The first kappa shape index (κ1) is 20.4. The van der Waals surface area contributed by atoms with Crippen molar-refractivity contribution in [3.05, 3.63) is 70.9 Å². The quantitative estimate of drug-likeness (QED) is 0.486. The van der Waals surface area contributed by atoms with E-state index in [2.05, 4.69) is 5.10 Å². The summed E-state index contributed by atoms with van der Waals surface area (Å²) in [6.45, 7) is 0. The van der Waals surface area contributed by atoms with E-state index in [1.807, 2.05) is 5.32 Å². The molecule has 0 bridgehead atoms. The highest BCUT2D eigenvalue weighted by Crippen LogP contribution is 2.33. The van der Waals surface area contributed by atoms with Crippen molar-refractivity contribution < 1.29 is 35.5 Å². The molecule has 1 N–H and O–H groups in total. The normalized spacial score (nSPS) is 11.6. The number of hydrogen-bond acceptors (Lipinski definition) is 2. The number of hydrogen-bond donors (Lipinski definition) is 1. The second kappa shape index (κ2) is 7.22. The standard InChI is InChI=1S/C18H10F7N3O/c1-28-13(7-14(27-28)18(23,24)25)9-3-2-8(6-12(9)21)26-17(29)15-10(19)4-5-11(20)16(15)22/h2-7H,1H3,(H,26,29). The van der Waals surface area contributed by atoms with Gasteiger partial charge in [0, 0.05) is 18.3 Å². The lowest BCUT2D eigenvalue weighted by molar-refractivity contribution is -0.141. The Bertz CT molecular complexity index is 1110. The molecular weight excluding hydrogens is 407 g/mol. The summed E-state index contributed by atoms with van der Waals surface area (Å²) < 4.78 is 94.0. The van der Waals surface area contributed by atoms with Crippen LogP contribution in [0.1, 0.15) is 16.1 Å². The minimum Gasteiger partial charge on any atom is -0.322 e. The number of carbonyl (C=O) groups is 1. The van der Waals surface area contributed by atoms with Crippen molar-refractivity contribution in [1.29, 1.82) is 0 Å². The van der Waals surface area contributed by atoms with Gasteiger partial charge in [-0.3, -0.25) is 9.48 Å². The van der Waals surface area contributed by atoms with Crippen LogP contribution in [0.2, 0.25) is 0 Å². The Labute approximate surface area is 158 Å². The molecule has 0 aliphatic rings. The zero-order valence-corrected chi connectivity index (χ0v) is 14.4. The van der Waals surface area contributed by atoms with E-state index in [0.717, 1.165) is 22.9 Å². The SMILES string of the molecule is Cn1nc(C(F)(F)F)cc1-c1ccc(NC(=O)c2c(F)ccc(F)c2F)cc1F. The van der Waals surface area contributed by atoms with Crippen molar-refractivity contribution in [2.45, 2.75) is 6.18 Å². The van der Waals surface area contributed by atoms with Gasteiger partial charge in [0.15, 0.2) is 17.3 Å². The second-order valence-corrected chi connectivity index (χ2v) is 5.90. The van der Waals surface area contributed by atoms with Gasteiger partial charge in [-0.2, -0.15) is 18.3 Å². The van der Waals surface area contributed by atoms with Gasteiger partial charge in [-0.05, 0) is 36.4 Å². The molecule has 4 nitrogen and oxygen atoms in total. The number of alkyl halides is 3. The fraction of sp³-hybridized carbons (Fsp3) is 0.111. The topological polar surface area (TPSA) is 46.9 Å². The maximum atomic E-state index is 14.4. The molecule has 152 valence electrons. The van der Waals surface area contributed by atoms with E-state index in [4.69, 9.17) is 0 Å². The molecule has 1 aromatic heterocycles. The molecule has 0 spiro atoms. The van der Waals surface area contributed by atoms with Crippen molar-refractivity contribution in [3.63, 3.8) is 0 Å². The summed E-state index contributed by atoms with van der Waals surface area (Å²) in [6, 6.07) is 4.60. The zero-order chi connectivity index (χ0) is 21.5. The number of aromatic nitrogens is 2. The van der Waals surface area contributed by atoms with Crippen LogP contribution < -0.4 is 5.32 Å². The maximum Gasteiger partial charge on any atom is 0.435 e. The molecule has 3 aromatic rings. The molecule has 0 unspecified atom stereocenters. The van der Waals surface area contributed by atoms with Gasteiger partial charge in [0.2, 0.25) is 0 Å². The number of aryl methyl sites for hydroxylation is 1. The first-order valence-corrected chi connectivity index (χ1v) is 7.85. The van der Waals surface area contributed by atoms with E-state index in [9.17, 15) is 35.5 Å². The Balaban J connectivity index is 1.91. The van der Waals surface area contributed by atoms with Crippen molar-refractivity contribution in [3.8, 4) is 11.3 Å². The van der Waals surface area contributed by atoms with Crippen LogP contribution in [-0.4, -0.2) is 15.7 Å². The number of nitrogens with zero attached hydrogens (tertiary/aromatic N) is 2. The van der Waals surface area contributed by atoms with Crippen molar-refractivity contribution in [2.24, 2.45) is 7.05 Å². The van der Waals surface area contributed by atoms with Gasteiger partial charge in [0.05, 0.1) is 5.69 Å². The lowest BCUT2D eigenvalue weighted by Crippen LogP contribution is -2.17. The van der Waals surface area contributed by atoms with Gasteiger partial charge >= 0.3 is 6.18 Å². The van der Waals surface area contributed by atoms with E-state index in [0.29, 0.717) is 18.2 Å². The van der Waals surface area contributed by atoms with Gasteiger partial charge in [-0.1, -0.05) is 0 Å². The second-order valence-electron chi connectivity index (χ2n) is 5.90. The third-order valence-corrected chi connectivity index (χ3v) is 3.94. The van der Waals surface area contributed by atoms with Gasteiger partial charge < -0.3 is 5.32 Å². The van der Waals surface area contributed by atoms with Crippen LogP contribution in [0.25, 0.3) is 11.3 Å². The molecule has 1 amide bonds. The molecule has 0 aliphatic carbocycles. The van der Waals surface area contributed by atoms with Crippen LogP contribution in [-0.2, 0) is 13.2 Å². The molecule has 0 atom stereocenters. The van der Waals surface area contributed by atoms with Gasteiger partial charge in [0.25, 0.3) is 5.91 Å². The Morgan fingerprint density at radius 1 is 0.966 bits per heavy atom. The number of carbonyl (C=O) groups excluding carboxylic acids is 1. The summed E-state index contributed by atoms with van der Waals surface area (Å²) in [7, 11) is 1.19. The number of nitrogens with one attached hydrogen (secondary N) is 1. The summed E-state index contributed by atoms with van der Waals surface area (Å²) in [5.41, 5.74) is -3.11. The first-order chi connectivity index (χ1) is 13.5. The molecule has 0 radical (unpaired) electrons. The average Bonchev–Trinajstić information content (AvgIpc) is 3.01. The van der Waals surface area contributed by atoms with Gasteiger partial charge in [-0.15, -0.1) is 0 Å². The Hall–Kier alpha value is -3.37. The summed E-state index contributed by atoms with van der Waals surface area (Å²) in [4.78, 5) is 12.0. The molecular formula is C18H10F7N3O. The van der Waals surface area contributed by atoms with Crippen molar-refractivity contribution in [2.75, 3.05) is 5.32 Å². The van der Waals surface area contributed by atoms with E-state index < -0.39 is 46.6 Å². The predicted molar refractivity (Wildman–Crippen MR) is 87.9 cm³/mol. The lowest BCUT2D eigenvalue weighted by atomic mass is 10.1. The molecule has 1 heterocycles. The van der Waals surface area contributed by atoms with Crippen molar-refractivity contribution in [1.82, 2.24) is 9.78 Å². The summed E-state index contributed by atoms with van der Waals surface area (Å²) in [6.07, 6.45) is -4.72. The highest BCUT2D eigenvalue weighted by molar-refractivity contribution is 6.04. The molecule has 29 heavy (non-hydrogen) atoms. The van der Waals surface area contributed by atoms with Crippen LogP contribution in [0.4, 0.5) is 36.4 Å². The largest absolute Gasteiger partial charge is 0.435 e. The third kappa shape index (κ3) is 3.93. The van der Waals surface area contributed by atoms with Crippen LogP contribution in [0, 0.1) is 23.3 Å². The fourth-order valence-electron chi connectivity index (χ4n) is 2.59. The van der Waals surface area contributed by atoms with Crippen LogP contribution >= 0.6 is 0 Å². The molecule has 3 rings (SSSR count). The Kier molecular flexibility index (Phi) is 5.07. The minimum absolute atomic E-state index is 0.185. The summed E-state index contributed by atoms with van der Waals surface area (Å²) in [5, 5.41) is 5.28. The van der Waals surface area contributed by atoms with Crippen LogP contribution in [0.15, 0.2) is 36.4 Å². The average molecular weight is 417 g/mol. The third-order valence-electron chi connectivity index (χ3n) is 3.94. The number of anilines is 1. The first-order valence-electron chi connectivity index (χ1n) is 7.85. The maximum absolute atomic E-state index is 14.4. The molecule has 2 aromatic carbocycles. The fourth-order valence-corrected chi connectivity index (χ4v) is 2.59. The highest BCUT2D eigenvalue weighted by atomic mass is 19.4. The number of amides is 1. The summed E-state index contributed by atoms with van der Waals surface area (Å²) >= 11 is 0. The Morgan fingerprint density at radius 2 is 1.62 bits per heavy atom.